The van der Waals surface area contributed by atoms with Crippen molar-refractivity contribution in [2.75, 3.05) is 13.2 Å². The Morgan fingerprint density at radius 3 is 2.71 bits per heavy atom. The molecule has 0 radical (unpaired) electrons. The van der Waals surface area contributed by atoms with E-state index in [1.807, 2.05) is 6.07 Å². The molecule has 154 valence electrons. The first kappa shape index (κ1) is 22.4. The van der Waals surface area contributed by atoms with Gasteiger partial charge in [-0.3, -0.25) is 9.78 Å². The monoisotopic (exact) mass is 428 g/mol. The maximum Gasteiger partial charge on any atom is 0.407 e. The van der Waals surface area contributed by atoms with Crippen LogP contribution in [0.3, 0.4) is 0 Å². The van der Waals surface area contributed by atoms with Crippen LogP contribution in [0.2, 0.25) is 5.02 Å². The van der Waals surface area contributed by atoms with Crippen LogP contribution in [0.5, 0.6) is 0 Å². The summed E-state index contributed by atoms with van der Waals surface area (Å²) < 4.78 is 11.1. The smallest absolute Gasteiger partial charge is 0.407 e. The zero-order valence-electron chi connectivity index (χ0n) is 16.3. The minimum absolute atomic E-state index is 0.137. The van der Waals surface area contributed by atoms with Crippen LogP contribution in [0.4, 0.5) is 4.79 Å². The van der Waals surface area contributed by atoms with Gasteiger partial charge >= 0.3 is 12.1 Å². The molecule has 2 N–H and O–H groups in total. The SMILES string of the molecule is CCOC(=O)C(Cc1cc2nccc(Cl)c2s1)C(O)CNC(=O)OC(C)(C)C. The van der Waals surface area contributed by atoms with Crippen LogP contribution < -0.4 is 5.32 Å². The number of halogens is 1. The van der Waals surface area contributed by atoms with E-state index in [0.717, 1.165) is 15.1 Å². The standard InChI is InChI=1S/C19H25ClN2O5S/c1-5-26-17(24)12(15(23)10-22-18(25)27-19(2,3)4)8-11-9-14-16(28-11)13(20)6-7-21-14/h6-7,9,12,15,23H,5,8,10H2,1-4H3,(H,22,25). The first-order valence-corrected chi connectivity index (χ1v) is 10.1. The molecular formula is C19H25ClN2O5S. The van der Waals surface area contributed by atoms with Crippen molar-refractivity contribution in [2.24, 2.45) is 5.92 Å². The number of carbonyl (C=O) groups is 2. The molecule has 28 heavy (non-hydrogen) atoms. The van der Waals surface area contributed by atoms with Gasteiger partial charge in [0.1, 0.15) is 5.60 Å². The summed E-state index contributed by atoms with van der Waals surface area (Å²) in [6, 6.07) is 3.54. The first-order valence-electron chi connectivity index (χ1n) is 8.95. The third-order valence-electron chi connectivity index (χ3n) is 3.74. The Balaban J connectivity index is 2.11. The number of alkyl carbamates (subject to hydrolysis) is 1. The van der Waals surface area contributed by atoms with Crippen molar-refractivity contribution in [3.8, 4) is 0 Å². The van der Waals surface area contributed by atoms with Crippen molar-refractivity contribution in [3.63, 3.8) is 0 Å². The molecule has 0 fully saturated rings. The number of aliphatic hydroxyl groups is 1. The lowest BCUT2D eigenvalue weighted by molar-refractivity contribution is -0.151. The summed E-state index contributed by atoms with van der Waals surface area (Å²) in [4.78, 5) is 29.3. The molecule has 1 amide bonds. The topological polar surface area (TPSA) is 97.8 Å². The summed E-state index contributed by atoms with van der Waals surface area (Å²) in [6.45, 7) is 6.98. The number of esters is 1. The molecule has 2 aromatic heterocycles. The third-order valence-corrected chi connectivity index (χ3v) is 5.35. The van der Waals surface area contributed by atoms with E-state index in [-0.39, 0.29) is 19.6 Å². The number of amides is 1. The molecular weight excluding hydrogens is 404 g/mol. The fourth-order valence-corrected chi connectivity index (χ4v) is 3.89. The number of hydrogen-bond donors (Lipinski definition) is 2. The van der Waals surface area contributed by atoms with Crippen molar-refractivity contribution < 1.29 is 24.2 Å². The Labute approximate surface area is 173 Å². The molecule has 0 aliphatic rings. The third kappa shape index (κ3) is 6.32. The second kappa shape index (κ2) is 9.54. The highest BCUT2D eigenvalue weighted by atomic mass is 35.5. The molecule has 2 rings (SSSR count). The number of carbonyl (C=O) groups excluding carboxylic acids is 2. The lowest BCUT2D eigenvalue weighted by Gasteiger charge is -2.23. The Kier molecular flexibility index (Phi) is 7.63. The summed E-state index contributed by atoms with van der Waals surface area (Å²) in [5, 5.41) is 13.6. The minimum atomic E-state index is -1.14. The number of pyridine rings is 1. The van der Waals surface area contributed by atoms with Crippen molar-refractivity contribution in [2.45, 2.75) is 45.8 Å². The minimum Gasteiger partial charge on any atom is -0.466 e. The number of aromatic nitrogens is 1. The average Bonchev–Trinajstić information content (AvgIpc) is 3.00. The summed E-state index contributed by atoms with van der Waals surface area (Å²) >= 11 is 7.60. The lowest BCUT2D eigenvalue weighted by atomic mass is 9.97. The van der Waals surface area contributed by atoms with Gasteiger partial charge in [0.25, 0.3) is 0 Å². The number of thiophene rings is 1. The van der Waals surface area contributed by atoms with Gasteiger partial charge in [0, 0.05) is 17.6 Å². The number of hydrogen-bond acceptors (Lipinski definition) is 7. The van der Waals surface area contributed by atoms with E-state index in [1.165, 1.54) is 11.3 Å². The molecule has 7 nitrogen and oxygen atoms in total. The Morgan fingerprint density at radius 1 is 1.39 bits per heavy atom. The fraction of sp³-hybridized carbons (Fsp3) is 0.526. The molecule has 0 aliphatic heterocycles. The molecule has 0 saturated heterocycles. The quantitative estimate of drug-likeness (QED) is 0.654. The van der Waals surface area contributed by atoms with Crippen molar-refractivity contribution in [1.29, 1.82) is 0 Å². The van der Waals surface area contributed by atoms with E-state index in [9.17, 15) is 14.7 Å². The van der Waals surface area contributed by atoms with Crippen LogP contribution in [-0.2, 0) is 20.7 Å². The van der Waals surface area contributed by atoms with Gasteiger partial charge in [-0.2, -0.15) is 0 Å². The molecule has 2 heterocycles. The van der Waals surface area contributed by atoms with Gasteiger partial charge in [-0.05, 0) is 46.2 Å². The number of fused-ring (bicyclic) bond motifs is 1. The number of nitrogens with zero attached hydrogens (tertiary/aromatic N) is 1. The van der Waals surface area contributed by atoms with Crippen LogP contribution in [-0.4, -0.2) is 47.0 Å². The largest absolute Gasteiger partial charge is 0.466 e. The number of nitrogens with one attached hydrogen (secondary N) is 1. The number of rotatable bonds is 7. The molecule has 0 aliphatic carbocycles. The summed E-state index contributed by atoms with van der Waals surface area (Å²) in [6.07, 6.45) is 0.0592. The maximum atomic E-state index is 12.4. The van der Waals surface area contributed by atoms with Gasteiger partial charge in [0.15, 0.2) is 0 Å². The Hall–Kier alpha value is -1.90. The average molecular weight is 429 g/mol. The zero-order valence-corrected chi connectivity index (χ0v) is 17.9. The van der Waals surface area contributed by atoms with E-state index in [4.69, 9.17) is 21.1 Å². The lowest BCUT2D eigenvalue weighted by Crippen LogP contribution is -2.42. The van der Waals surface area contributed by atoms with E-state index in [0.29, 0.717) is 5.02 Å². The molecule has 0 aromatic carbocycles. The molecule has 9 heteroatoms. The van der Waals surface area contributed by atoms with Gasteiger partial charge in [0.05, 0.1) is 33.9 Å². The van der Waals surface area contributed by atoms with Crippen LogP contribution in [0.25, 0.3) is 10.2 Å². The molecule has 0 saturated carbocycles. The van der Waals surface area contributed by atoms with Crippen molar-refractivity contribution in [3.05, 3.63) is 28.2 Å². The molecule has 2 unspecified atom stereocenters. The Bertz CT molecular complexity index is 833. The fourth-order valence-electron chi connectivity index (χ4n) is 2.54. The first-order chi connectivity index (χ1) is 13.1. The molecule has 2 atom stereocenters. The number of ether oxygens (including phenoxy) is 2. The summed E-state index contributed by atoms with van der Waals surface area (Å²) in [5.74, 6) is -1.38. The van der Waals surface area contributed by atoms with Gasteiger partial charge in [-0.1, -0.05) is 11.6 Å². The normalized spacial score (nSPS) is 13.8. The Morgan fingerprint density at radius 2 is 2.11 bits per heavy atom. The van der Waals surface area contributed by atoms with Gasteiger partial charge < -0.3 is 19.9 Å². The van der Waals surface area contributed by atoms with Crippen LogP contribution in [0, 0.1) is 5.92 Å². The summed E-state index contributed by atoms with van der Waals surface area (Å²) in [7, 11) is 0. The van der Waals surface area contributed by atoms with Crippen LogP contribution in [0.15, 0.2) is 18.3 Å². The predicted octanol–water partition coefficient (Wildman–Crippen LogP) is 3.56. The second-order valence-electron chi connectivity index (χ2n) is 7.23. The van der Waals surface area contributed by atoms with Crippen molar-refractivity contribution in [1.82, 2.24) is 10.3 Å². The molecule has 0 spiro atoms. The zero-order chi connectivity index (χ0) is 20.9. The van der Waals surface area contributed by atoms with E-state index >= 15 is 0 Å². The van der Waals surface area contributed by atoms with Crippen LogP contribution in [0.1, 0.15) is 32.6 Å². The van der Waals surface area contributed by atoms with Crippen LogP contribution >= 0.6 is 22.9 Å². The van der Waals surface area contributed by atoms with Gasteiger partial charge in [-0.25, -0.2) is 4.79 Å². The van der Waals surface area contributed by atoms with E-state index in [1.54, 1.807) is 40.0 Å². The van der Waals surface area contributed by atoms with Crippen molar-refractivity contribution >= 4 is 45.2 Å². The molecule has 0 bridgehead atoms. The molecule has 2 aromatic rings. The van der Waals surface area contributed by atoms with Gasteiger partial charge in [0.2, 0.25) is 0 Å². The number of aliphatic hydroxyl groups excluding tert-OH is 1. The highest BCUT2D eigenvalue weighted by Crippen LogP contribution is 2.32. The van der Waals surface area contributed by atoms with E-state index in [2.05, 4.69) is 10.3 Å². The maximum absolute atomic E-state index is 12.4. The second-order valence-corrected chi connectivity index (χ2v) is 8.78. The highest BCUT2D eigenvalue weighted by molar-refractivity contribution is 7.19. The summed E-state index contributed by atoms with van der Waals surface area (Å²) in [5.41, 5.74) is 0.0790. The van der Waals surface area contributed by atoms with E-state index < -0.39 is 29.7 Å². The van der Waals surface area contributed by atoms with Gasteiger partial charge in [-0.15, -0.1) is 11.3 Å². The highest BCUT2D eigenvalue weighted by Gasteiger charge is 2.30. The predicted molar refractivity (Wildman–Crippen MR) is 109 cm³/mol.